The van der Waals surface area contributed by atoms with Crippen molar-refractivity contribution in [1.82, 2.24) is 25.3 Å². The maximum atomic E-state index is 4.42. The number of hydrogen-bond acceptors (Lipinski definition) is 5. The van der Waals surface area contributed by atoms with E-state index in [4.69, 9.17) is 0 Å². The molecule has 0 unspecified atom stereocenters. The van der Waals surface area contributed by atoms with Crippen molar-refractivity contribution >= 4 is 11.5 Å². The minimum atomic E-state index is 0.520. The van der Waals surface area contributed by atoms with Gasteiger partial charge in [0.25, 0.3) is 0 Å². The Morgan fingerprint density at radius 3 is 2.52 bits per heavy atom. The summed E-state index contributed by atoms with van der Waals surface area (Å²) in [6.45, 7) is 1.05. The third-order valence-electron chi connectivity index (χ3n) is 5.88. The fourth-order valence-corrected chi connectivity index (χ4v) is 5.53. The summed E-state index contributed by atoms with van der Waals surface area (Å²) in [5, 5.41) is 19.4. The number of tetrazole rings is 1. The molecule has 6 rings (SSSR count). The van der Waals surface area contributed by atoms with Crippen LogP contribution in [0.1, 0.15) is 38.5 Å². The van der Waals surface area contributed by atoms with Crippen molar-refractivity contribution in [2.24, 2.45) is 23.2 Å². The van der Waals surface area contributed by atoms with Crippen LogP contribution in [-0.2, 0) is 0 Å². The van der Waals surface area contributed by atoms with E-state index in [-0.39, 0.29) is 0 Å². The highest BCUT2D eigenvalue weighted by atomic mass is 15.6. The molecule has 1 N–H and O–H groups in total. The van der Waals surface area contributed by atoms with Crippen molar-refractivity contribution in [3.8, 4) is 0 Å². The minimum Gasteiger partial charge on any atom is -0.368 e. The van der Waals surface area contributed by atoms with Gasteiger partial charge in [-0.25, -0.2) is 0 Å². The van der Waals surface area contributed by atoms with E-state index in [1.807, 2.05) is 12.1 Å². The molecule has 0 radical (unpaired) electrons. The lowest BCUT2D eigenvalue weighted by Gasteiger charge is -2.57. The molecule has 4 fully saturated rings. The molecule has 0 amide bonds. The first-order valence-corrected chi connectivity index (χ1v) is 8.07. The van der Waals surface area contributed by atoms with E-state index in [1.54, 1.807) is 0 Å². The number of fused-ring (bicyclic) bond motifs is 1. The zero-order valence-corrected chi connectivity index (χ0v) is 12.1. The number of anilines is 1. The summed E-state index contributed by atoms with van der Waals surface area (Å²) < 4.78 is 1.49. The Morgan fingerprint density at radius 2 is 1.81 bits per heavy atom. The lowest BCUT2D eigenvalue weighted by molar-refractivity contribution is -0.0444. The lowest BCUT2D eigenvalue weighted by atomic mass is 9.49. The van der Waals surface area contributed by atoms with Crippen LogP contribution in [-0.4, -0.2) is 31.8 Å². The molecular formula is C15H20N6. The topological polar surface area (TPSA) is 68.0 Å². The third-order valence-corrected chi connectivity index (χ3v) is 5.88. The molecule has 4 bridgehead atoms. The molecule has 4 saturated carbocycles. The van der Waals surface area contributed by atoms with Crippen molar-refractivity contribution < 1.29 is 0 Å². The summed E-state index contributed by atoms with van der Waals surface area (Å²) >= 11 is 0. The van der Waals surface area contributed by atoms with Gasteiger partial charge in [0, 0.05) is 6.54 Å². The molecule has 21 heavy (non-hydrogen) atoms. The van der Waals surface area contributed by atoms with Crippen LogP contribution in [0.2, 0.25) is 0 Å². The van der Waals surface area contributed by atoms with Gasteiger partial charge in [0.2, 0.25) is 0 Å². The molecule has 4 aliphatic rings. The predicted molar refractivity (Wildman–Crippen MR) is 77.7 cm³/mol. The molecule has 0 aliphatic heterocycles. The standard InChI is InChI=1S/C15H20N6/c1-2-14-17-19-20-21(14)18-13(1)16-9-15-6-10-3-11(7-15)5-12(4-10)8-15/h1-2,10-12H,3-9H2,(H,16,18). The van der Waals surface area contributed by atoms with Crippen LogP contribution < -0.4 is 5.32 Å². The first-order chi connectivity index (χ1) is 10.3. The zero-order valence-electron chi connectivity index (χ0n) is 12.1. The van der Waals surface area contributed by atoms with Crippen molar-refractivity contribution in [3.63, 3.8) is 0 Å². The Kier molecular flexibility index (Phi) is 2.35. The van der Waals surface area contributed by atoms with Crippen molar-refractivity contribution in [2.75, 3.05) is 11.9 Å². The number of nitrogens with one attached hydrogen (secondary N) is 1. The SMILES string of the molecule is c1cc2nnnn2nc1NCC12CC3CC(CC(C3)C1)C2. The van der Waals surface area contributed by atoms with E-state index in [9.17, 15) is 0 Å². The van der Waals surface area contributed by atoms with E-state index >= 15 is 0 Å². The molecule has 0 atom stereocenters. The van der Waals surface area contributed by atoms with Gasteiger partial charge in [-0.3, -0.25) is 0 Å². The molecule has 0 aromatic carbocycles. The van der Waals surface area contributed by atoms with Gasteiger partial charge in [-0.05, 0) is 84.3 Å². The predicted octanol–water partition coefficient (Wildman–Crippen LogP) is 2.15. The maximum absolute atomic E-state index is 4.42. The second-order valence-corrected chi connectivity index (χ2v) is 7.52. The van der Waals surface area contributed by atoms with Gasteiger partial charge in [0.05, 0.1) is 0 Å². The van der Waals surface area contributed by atoms with Crippen molar-refractivity contribution in [3.05, 3.63) is 12.1 Å². The Hall–Kier alpha value is -1.72. The van der Waals surface area contributed by atoms with E-state index in [0.717, 1.165) is 30.1 Å². The normalized spacial score (nSPS) is 37.2. The number of hydrogen-bond donors (Lipinski definition) is 1. The molecular weight excluding hydrogens is 264 g/mol. The van der Waals surface area contributed by atoms with Crippen LogP contribution in [0.3, 0.4) is 0 Å². The van der Waals surface area contributed by atoms with Crippen LogP contribution in [0, 0.1) is 23.2 Å². The quantitative estimate of drug-likeness (QED) is 0.935. The van der Waals surface area contributed by atoms with Crippen LogP contribution >= 0.6 is 0 Å². The summed E-state index contributed by atoms with van der Waals surface area (Å²) in [7, 11) is 0. The Labute approximate surface area is 123 Å². The van der Waals surface area contributed by atoms with E-state index in [2.05, 4.69) is 25.9 Å². The van der Waals surface area contributed by atoms with Gasteiger partial charge < -0.3 is 5.32 Å². The number of aromatic nitrogens is 5. The molecule has 4 aliphatic carbocycles. The molecule has 2 aromatic heterocycles. The van der Waals surface area contributed by atoms with Gasteiger partial charge in [0.15, 0.2) is 5.65 Å². The molecule has 0 saturated heterocycles. The van der Waals surface area contributed by atoms with Crippen LogP contribution in [0.5, 0.6) is 0 Å². The Bertz CT molecular complexity index is 642. The molecule has 6 heteroatoms. The lowest BCUT2D eigenvalue weighted by Crippen LogP contribution is -2.49. The molecule has 110 valence electrons. The first kappa shape index (κ1) is 11.9. The highest BCUT2D eigenvalue weighted by molar-refractivity contribution is 5.42. The second-order valence-electron chi connectivity index (χ2n) is 7.52. The Balaban J connectivity index is 1.35. The number of nitrogens with zero attached hydrogens (tertiary/aromatic N) is 5. The fraction of sp³-hybridized carbons (Fsp3) is 0.733. The Morgan fingerprint density at radius 1 is 1.10 bits per heavy atom. The molecule has 2 aromatic rings. The first-order valence-electron chi connectivity index (χ1n) is 8.07. The molecule has 6 nitrogen and oxygen atoms in total. The van der Waals surface area contributed by atoms with Gasteiger partial charge in [0.1, 0.15) is 5.82 Å². The summed E-state index contributed by atoms with van der Waals surface area (Å²) in [6, 6.07) is 3.89. The minimum absolute atomic E-state index is 0.520. The van der Waals surface area contributed by atoms with E-state index in [1.165, 1.54) is 43.2 Å². The molecule has 0 spiro atoms. The maximum Gasteiger partial charge on any atom is 0.200 e. The summed E-state index contributed by atoms with van der Waals surface area (Å²) in [4.78, 5) is 0. The van der Waals surface area contributed by atoms with Crippen LogP contribution in [0.15, 0.2) is 12.1 Å². The van der Waals surface area contributed by atoms with Gasteiger partial charge in [-0.15, -0.1) is 14.8 Å². The van der Waals surface area contributed by atoms with E-state index < -0.39 is 0 Å². The van der Waals surface area contributed by atoms with Gasteiger partial charge >= 0.3 is 0 Å². The number of rotatable bonds is 3. The highest BCUT2D eigenvalue weighted by Gasteiger charge is 2.50. The summed E-state index contributed by atoms with van der Waals surface area (Å²) in [6.07, 6.45) is 8.73. The average Bonchev–Trinajstić information content (AvgIpc) is 2.91. The fourth-order valence-electron chi connectivity index (χ4n) is 5.53. The monoisotopic (exact) mass is 284 g/mol. The van der Waals surface area contributed by atoms with Crippen molar-refractivity contribution in [1.29, 1.82) is 0 Å². The van der Waals surface area contributed by atoms with Crippen molar-refractivity contribution in [2.45, 2.75) is 38.5 Å². The summed E-state index contributed by atoms with van der Waals surface area (Å²) in [5.74, 6) is 3.86. The molecule has 2 heterocycles. The van der Waals surface area contributed by atoms with Gasteiger partial charge in [-0.2, -0.15) is 0 Å². The smallest absolute Gasteiger partial charge is 0.200 e. The summed E-state index contributed by atoms with van der Waals surface area (Å²) in [5.41, 5.74) is 1.21. The average molecular weight is 284 g/mol. The third kappa shape index (κ3) is 1.92. The largest absolute Gasteiger partial charge is 0.368 e. The zero-order chi connectivity index (χ0) is 13.9. The van der Waals surface area contributed by atoms with E-state index in [0.29, 0.717) is 11.1 Å². The highest BCUT2D eigenvalue weighted by Crippen LogP contribution is 2.59. The van der Waals surface area contributed by atoms with Gasteiger partial charge in [-0.1, -0.05) is 0 Å². The van der Waals surface area contributed by atoms with Crippen LogP contribution in [0.4, 0.5) is 5.82 Å². The van der Waals surface area contributed by atoms with Crippen LogP contribution in [0.25, 0.3) is 5.65 Å². The second kappa shape index (κ2) is 4.15.